The van der Waals surface area contributed by atoms with Gasteiger partial charge in [-0.05, 0) is 0 Å². The second-order valence-electron chi connectivity index (χ2n) is 2.17. The van der Waals surface area contributed by atoms with E-state index in [-0.39, 0.29) is 32.1 Å². The topological polar surface area (TPSA) is 65.3 Å². The first-order valence-electron chi connectivity index (χ1n) is 3.49. The van der Waals surface area contributed by atoms with Crippen LogP contribution in [0.15, 0.2) is 12.3 Å². The molecule has 5 nitrogen and oxygen atoms in total. The molecule has 1 rings (SSSR count). The Morgan fingerprint density at radius 3 is 3.07 bits per heavy atom. The van der Waals surface area contributed by atoms with Crippen LogP contribution >= 0.6 is 11.6 Å². The van der Waals surface area contributed by atoms with Crippen LogP contribution in [0.2, 0.25) is 5.02 Å². The zero-order chi connectivity index (χ0) is 10.6. The minimum absolute atomic E-state index is 0.0473. The zero-order valence-electron chi connectivity index (χ0n) is 6.81. The van der Waals surface area contributed by atoms with Crippen molar-refractivity contribution in [3.8, 4) is 5.88 Å². The number of rotatable bonds is 4. The number of halogens is 2. The zero-order valence-corrected chi connectivity index (χ0v) is 10.9. The summed E-state index contributed by atoms with van der Waals surface area (Å²) in [5.41, 5.74) is -0.185. The van der Waals surface area contributed by atoms with Crippen LogP contribution < -0.4 is 26.4 Å². The van der Waals surface area contributed by atoms with Crippen molar-refractivity contribution in [2.75, 3.05) is 3.29 Å². The molecule has 0 spiro atoms. The molecule has 0 aliphatic carbocycles. The lowest BCUT2D eigenvalue weighted by atomic mass is 10.4. The van der Waals surface area contributed by atoms with Crippen molar-refractivity contribution in [1.29, 1.82) is 0 Å². The van der Waals surface area contributed by atoms with Crippen LogP contribution in [0, 0.1) is 10.1 Å². The van der Waals surface area contributed by atoms with E-state index in [0.717, 1.165) is 3.29 Å². The van der Waals surface area contributed by atoms with Gasteiger partial charge in [0.25, 0.3) is 5.88 Å². The molecule has 1 aromatic rings. The van der Waals surface area contributed by atoms with Gasteiger partial charge in [-0.3, -0.25) is 10.1 Å². The van der Waals surface area contributed by atoms with Gasteiger partial charge in [0.1, 0.15) is 0 Å². The summed E-state index contributed by atoms with van der Waals surface area (Å²) in [6.45, 7) is 0. The summed E-state index contributed by atoms with van der Waals surface area (Å²) in [7, 11) is 0. The molecular formula is C6H4AlClIN2O3-. The maximum Gasteiger partial charge on any atom is 0.498 e. The third-order valence-electron chi connectivity index (χ3n) is 1.25. The Labute approximate surface area is 105 Å². The average Bonchev–Trinajstić information content (AvgIpc) is 2.15. The molecule has 0 saturated carbocycles. The average molecular weight is 341 g/mol. The molecule has 14 heavy (non-hydrogen) atoms. The second-order valence-corrected chi connectivity index (χ2v) is 6.13. The van der Waals surface area contributed by atoms with Crippen molar-refractivity contribution in [1.82, 2.24) is 4.98 Å². The van der Waals surface area contributed by atoms with Crippen molar-refractivity contribution >= 4 is 32.8 Å². The highest BCUT2D eigenvalue weighted by Crippen LogP contribution is 2.26. The molecule has 2 radical (unpaired) electrons. The third-order valence-corrected chi connectivity index (χ3v) is 3.05. The summed E-state index contributed by atoms with van der Waals surface area (Å²) in [5, 5.41) is 10.8. The molecular weight excluding hydrogens is 337 g/mol. The van der Waals surface area contributed by atoms with E-state index < -0.39 is 4.92 Å². The maximum absolute atomic E-state index is 10.6. The molecule has 0 fully saturated rings. The first kappa shape index (κ1) is 12.0. The molecule has 0 aromatic carbocycles. The Morgan fingerprint density at radius 1 is 1.79 bits per heavy atom. The third kappa shape index (κ3) is 3.24. The highest BCUT2D eigenvalue weighted by atomic mass is 127. The number of hydrogen-bond acceptors (Lipinski definition) is 4. The summed E-state index contributed by atoms with van der Waals surface area (Å²) >= 11 is 7.41. The highest BCUT2D eigenvalue weighted by Gasteiger charge is 2.16. The Hall–Kier alpha value is -0.0975. The lowest BCUT2D eigenvalue weighted by molar-refractivity contribution is -0.385. The molecule has 0 atom stereocenters. The molecule has 1 aromatic heterocycles. The number of pyridine rings is 1. The molecule has 0 aliphatic heterocycles. The Morgan fingerprint density at radius 2 is 2.50 bits per heavy atom. The molecule has 0 unspecified atom stereocenters. The van der Waals surface area contributed by atoms with Crippen LogP contribution in [0.25, 0.3) is 0 Å². The predicted octanol–water partition coefficient (Wildman–Crippen LogP) is -1.85. The number of hydrogen-bond donors (Lipinski definition) is 0. The smallest absolute Gasteiger partial charge is 0.498 e. The molecule has 0 aliphatic rings. The standard InChI is InChI=1S/C5H3ClN2O3.CH2I.Al/c6-3-1-4(8(10)11)5(9)7-2-3;1-2;/h1-2H,(H,7,9);1H2;/q;-1;+1/p-1. The molecule has 8 heteroatoms. The summed E-state index contributed by atoms with van der Waals surface area (Å²) in [6.07, 6.45) is 1.33. The van der Waals surface area contributed by atoms with Gasteiger partial charge < -0.3 is 26.4 Å². The molecule has 74 valence electrons. The van der Waals surface area contributed by atoms with E-state index in [2.05, 4.69) is 27.6 Å². The van der Waals surface area contributed by atoms with E-state index in [4.69, 9.17) is 15.4 Å². The van der Waals surface area contributed by atoms with Gasteiger partial charge in [-0.1, -0.05) is 11.6 Å². The lowest BCUT2D eigenvalue weighted by Gasteiger charge is -2.06. The Balaban J connectivity index is 2.96. The predicted molar refractivity (Wildman–Crippen MR) is 47.2 cm³/mol. The maximum atomic E-state index is 10.6. The molecule has 0 bridgehead atoms. The van der Waals surface area contributed by atoms with E-state index in [1.807, 2.05) is 0 Å². The van der Waals surface area contributed by atoms with E-state index in [0.29, 0.717) is 0 Å². The van der Waals surface area contributed by atoms with Crippen molar-refractivity contribution in [2.45, 2.75) is 0 Å². The summed E-state index contributed by atoms with van der Waals surface area (Å²) in [5.74, 6) is 0.0473. The van der Waals surface area contributed by atoms with Crippen LogP contribution in [0.4, 0.5) is 5.69 Å². The fraction of sp³-hybridized carbons (Fsp3) is 0.167. The van der Waals surface area contributed by atoms with Crippen LogP contribution in [-0.4, -0.2) is 28.7 Å². The lowest BCUT2D eigenvalue weighted by Crippen LogP contribution is -3.36. The summed E-state index contributed by atoms with van der Waals surface area (Å²) in [4.78, 5) is 13.8. The van der Waals surface area contributed by atoms with Crippen molar-refractivity contribution in [3.63, 3.8) is 0 Å². The SMILES string of the molecule is O=[N+]([O-])c1cc(Cl)cnc1[O][Al][CH2][I-]. The van der Waals surface area contributed by atoms with Gasteiger partial charge in [0.15, 0.2) is 0 Å². The van der Waals surface area contributed by atoms with Gasteiger partial charge in [0, 0.05) is 12.3 Å². The number of alkyl halides is 1. The van der Waals surface area contributed by atoms with Crippen LogP contribution in [0.5, 0.6) is 5.88 Å². The van der Waals surface area contributed by atoms with Gasteiger partial charge in [-0.15, -0.1) is 0 Å². The van der Waals surface area contributed by atoms with E-state index in [1.165, 1.54) is 12.3 Å². The first-order chi connectivity index (χ1) is 6.65. The highest BCUT2D eigenvalue weighted by molar-refractivity contribution is 6.30. The minimum atomic E-state index is -0.555. The monoisotopic (exact) mass is 341 g/mol. The minimum Gasteiger partial charge on any atom is -0.810 e. The normalized spacial score (nSPS) is 9.57. The van der Waals surface area contributed by atoms with Gasteiger partial charge in [-0.2, -0.15) is 3.29 Å². The molecule has 0 N–H and O–H groups in total. The molecule has 0 saturated heterocycles. The first-order valence-corrected chi connectivity index (χ1v) is 6.68. The van der Waals surface area contributed by atoms with E-state index in [9.17, 15) is 10.1 Å². The fourth-order valence-corrected chi connectivity index (χ4v) is 1.84. The van der Waals surface area contributed by atoms with E-state index >= 15 is 0 Å². The molecule has 0 amide bonds. The van der Waals surface area contributed by atoms with E-state index in [1.54, 1.807) is 0 Å². The van der Waals surface area contributed by atoms with Gasteiger partial charge in [-0.25, -0.2) is 4.98 Å². The Bertz CT molecular complexity index is 352. The number of aromatic nitrogens is 1. The van der Waals surface area contributed by atoms with Gasteiger partial charge in [0.2, 0.25) is 0 Å². The number of nitrogens with zero attached hydrogens (tertiary/aromatic N) is 2. The van der Waals surface area contributed by atoms with Gasteiger partial charge in [0.05, 0.1) is 9.95 Å². The fourth-order valence-electron chi connectivity index (χ4n) is 0.748. The molecule has 1 heterocycles. The van der Waals surface area contributed by atoms with Crippen LogP contribution in [0.3, 0.4) is 0 Å². The van der Waals surface area contributed by atoms with Gasteiger partial charge >= 0.3 is 21.2 Å². The van der Waals surface area contributed by atoms with Crippen molar-refractivity contribution in [2.24, 2.45) is 0 Å². The second kappa shape index (κ2) is 5.70. The Kier molecular flexibility index (Phi) is 4.88. The summed E-state index contributed by atoms with van der Waals surface area (Å²) < 4.78 is 5.99. The quantitative estimate of drug-likeness (QED) is 0.212. The van der Waals surface area contributed by atoms with Crippen molar-refractivity contribution < 1.29 is 31.3 Å². The van der Waals surface area contributed by atoms with Crippen molar-refractivity contribution in [3.05, 3.63) is 27.4 Å². The number of nitro groups is 1. The van der Waals surface area contributed by atoms with Crippen LogP contribution in [-0.2, 0) is 0 Å². The van der Waals surface area contributed by atoms with Crippen LogP contribution in [0.1, 0.15) is 0 Å². The summed E-state index contributed by atoms with van der Waals surface area (Å²) in [6, 6.07) is 1.23. The largest absolute Gasteiger partial charge is 0.810 e.